The van der Waals surface area contributed by atoms with Gasteiger partial charge in [0.15, 0.2) is 6.54 Å². The van der Waals surface area contributed by atoms with Crippen LogP contribution in [0.5, 0.6) is 0 Å². The van der Waals surface area contributed by atoms with Crippen LogP contribution in [-0.2, 0) is 25.7 Å². The Bertz CT molecular complexity index is 1120. The number of hydrogen-bond donors (Lipinski definition) is 7. The number of nitrogens with one attached hydrogen (secondary N) is 5. The second-order valence-electron chi connectivity index (χ2n) is 8.15. The Balaban J connectivity index is 1.57. The number of H-pyrrole nitrogens is 1. The second-order valence-corrected chi connectivity index (χ2v) is 8.15. The van der Waals surface area contributed by atoms with E-state index in [1.54, 1.807) is 30.3 Å². The number of aliphatic carboxylic acids is 1. The van der Waals surface area contributed by atoms with Crippen molar-refractivity contribution in [3.8, 4) is 0 Å². The van der Waals surface area contributed by atoms with Crippen molar-refractivity contribution in [3.63, 3.8) is 0 Å². The molecule has 0 spiro atoms. The fourth-order valence-electron chi connectivity index (χ4n) is 3.64. The average Bonchev–Trinajstić information content (AvgIpc) is 3.38. The van der Waals surface area contributed by atoms with E-state index in [0.717, 1.165) is 0 Å². The third-order valence-electron chi connectivity index (χ3n) is 5.39. The molecule has 37 heavy (non-hydrogen) atoms. The zero-order chi connectivity index (χ0) is 26.8. The molecule has 198 valence electrons. The molecule has 1 aromatic carbocycles. The van der Waals surface area contributed by atoms with Gasteiger partial charge in [0.25, 0.3) is 5.91 Å². The predicted molar refractivity (Wildman–Crippen MR) is 126 cm³/mol. The van der Waals surface area contributed by atoms with Gasteiger partial charge in [0.05, 0.1) is 13.0 Å². The number of carboxylic acid groups (broad SMARTS) is 1. The minimum atomic E-state index is -1.34. The van der Waals surface area contributed by atoms with Crippen LogP contribution in [0, 0.1) is 0 Å². The van der Waals surface area contributed by atoms with Crippen LogP contribution >= 0.6 is 0 Å². The summed E-state index contributed by atoms with van der Waals surface area (Å²) in [5.74, 6) is -2.28. The van der Waals surface area contributed by atoms with Crippen LogP contribution in [0.4, 0.5) is 21.5 Å². The Morgan fingerprint density at radius 1 is 1.19 bits per heavy atom. The molecular weight excluding hydrogens is 490 g/mol. The number of aromatic amines is 1. The van der Waals surface area contributed by atoms with Crippen LogP contribution in [-0.4, -0.2) is 87.0 Å². The lowest BCUT2D eigenvalue weighted by Gasteiger charge is -2.27. The van der Waals surface area contributed by atoms with Crippen molar-refractivity contribution in [2.75, 3.05) is 37.2 Å². The summed E-state index contributed by atoms with van der Waals surface area (Å²) >= 11 is 0. The number of rotatable bonds is 13. The van der Waals surface area contributed by atoms with Crippen LogP contribution < -0.4 is 27.0 Å². The Labute approximate surface area is 210 Å². The third kappa shape index (κ3) is 7.63. The van der Waals surface area contributed by atoms with E-state index in [1.165, 1.54) is 0 Å². The summed E-state index contributed by atoms with van der Waals surface area (Å²) < 4.78 is 4.25. The van der Waals surface area contributed by atoms with E-state index >= 15 is 0 Å². The summed E-state index contributed by atoms with van der Waals surface area (Å²) in [6.07, 6.45) is -2.67. The molecule has 5 amide bonds. The molecule has 16 nitrogen and oxygen atoms in total. The molecule has 1 aliphatic rings. The fourth-order valence-corrected chi connectivity index (χ4v) is 3.64. The third-order valence-corrected chi connectivity index (χ3v) is 5.39. The summed E-state index contributed by atoms with van der Waals surface area (Å²) in [6.45, 7) is -0.657. The number of urea groups is 1. The van der Waals surface area contributed by atoms with Crippen LogP contribution in [0.1, 0.15) is 18.4 Å². The molecule has 1 aromatic heterocycles. The number of hydrogen-bond acceptors (Lipinski definition) is 10. The highest BCUT2D eigenvalue weighted by Gasteiger charge is 2.51. The SMILES string of the molecule is Nc1nc(NCCC[N+]2(CC(=O)NC(CC(=O)O)NC(=O)OCc3ccccc3)C(=O)CNC2=O)n[nH]1. The maximum atomic E-state index is 12.8. The monoisotopic (exact) mass is 518 g/mol. The van der Waals surface area contributed by atoms with Gasteiger partial charge in [0.2, 0.25) is 11.9 Å². The van der Waals surface area contributed by atoms with E-state index in [1.807, 2.05) is 0 Å². The normalized spacial score (nSPS) is 17.5. The second kappa shape index (κ2) is 12.3. The quantitative estimate of drug-likeness (QED) is 0.0743. The molecule has 16 heteroatoms. The maximum absolute atomic E-state index is 12.8. The van der Waals surface area contributed by atoms with Crippen LogP contribution in [0.25, 0.3) is 0 Å². The van der Waals surface area contributed by atoms with Crippen LogP contribution in [0.2, 0.25) is 0 Å². The largest absolute Gasteiger partial charge is 0.481 e. The van der Waals surface area contributed by atoms with Crippen molar-refractivity contribution in [1.29, 1.82) is 0 Å². The predicted octanol–water partition coefficient (Wildman–Crippen LogP) is -0.901. The van der Waals surface area contributed by atoms with E-state index in [9.17, 15) is 29.1 Å². The number of benzene rings is 1. The van der Waals surface area contributed by atoms with Crippen molar-refractivity contribution < 1.29 is 38.3 Å². The number of aromatic nitrogens is 3. The van der Waals surface area contributed by atoms with Crippen molar-refractivity contribution in [2.24, 2.45) is 0 Å². The van der Waals surface area contributed by atoms with Gasteiger partial charge in [-0.15, -0.1) is 5.10 Å². The number of nitrogens with zero attached hydrogens (tertiary/aromatic N) is 3. The van der Waals surface area contributed by atoms with Crippen molar-refractivity contribution >= 4 is 41.8 Å². The molecule has 2 heterocycles. The number of carbonyl (C=O) groups is 5. The number of ether oxygens (including phenoxy) is 1. The minimum Gasteiger partial charge on any atom is -0.481 e. The van der Waals surface area contributed by atoms with E-state index < -0.39 is 53.5 Å². The molecule has 1 saturated heterocycles. The molecule has 0 saturated carbocycles. The van der Waals surface area contributed by atoms with E-state index in [2.05, 4.69) is 36.4 Å². The summed E-state index contributed by atoms with van der Waals surface area (Å²) in [5, 5.41) is 25.4. The van der Waals surface area contributed by atoms with Crippen molar-refractivity contribution in [1.82, 2.24) is 31.1 Å². The first-order chi connectivity index (χ1) is 17.7. The van der Waals surface area contributed by atoms with Gasteiger partial charge in [0, 0.05) is 13.0 Å². The van der Waals surface area contributed by atoms with Gasteiger partial charge in [-0.2, -0.15) is 9.47 Å². The fraction of sp³-hybridized carbons (Fsp3) is 0.381. The molecule has 2 unspecified atom stereocenters. The van der Waals surface area contributed by atoms with Gasteiger partial charge in [-0.3, -0.25) is 14.9 Å². The highest BCUT2D eigenvalue weighted by atomic mass is 16.5. The van der Waals surface area contributed by atoms with Crippen LogP contribution in [0.3, 0.4) is 0 Å². The molecule has 2 aromatic rings. The lowest BCUT2D eigenvalue weighted by Crippen LogP contribution is -2.60. The number of quaternary nitrogens is 1. The van der Waals surface area contributed by atoms with E-state index in [0.29, 0.717) is 5.56 Å². The van der Waals surface area contributed by atoms with Gasteiger partial charge in [-0.1, -0.05) is 30.3 Å². The average molecular weight is 519 g/mol. The Morgan fingerprint density at radius 3 is 2.57 bits per heavy atom. The summed E-state index contributed by atoms with van der Waals surface area (Å²) in [7, 11) is 0. The van der Waals surface area contributed by atoms with Gasteiger partial charge in [0.1, 0.15) is 19.3 Å². The van der Waals surface area contributed by atoms with Crippen molar-refractivity contribution in [3.05, 3.63) is 35.9 Å². The molecule has 0 aliphatic carbocycles. The molecule has 3 rings (SSSR count). The number of amides is 5. The zero-order valence-electron chi connectivity index (χ0n) is 19.7. The summed E-state index contributed by atoms with van der Waals surface area (Å²) in [5.41, 5.74) is 6.16. The summed E-state index contributed by atoms with van der Waals surface area (Å²) in [6, 6.07) is 8.14. The van der Waals surface area contributed by atoms with Gasteiger partial charge < -0.3 is 31.5 Å². The number of carboxylic acids is 1. The van der Waals surface area contributed by atoms with Gasteiger partial charge in [-0.25, -0.2) is 19.5 Å². The molecule has 0 bridgehead atoms. The topological polar surface area (TPSA) is 231 Å². The first kappa shape index (κ1) is 26.9. The highest BCUT2D eigenvalue weighted by Crippen LogP contribution is 2.16. The minimum absolute atomic E-state index is 0.0267. The molecule has 2 atom stereocenters. The molecule has 8 N–H and O–H groups in total. The number of alkyl carbamates (subject to hydrolysis) is 1. The number of anilines is 2. The number of imide groups is 1. The van der Waals surface area contributed by atoms with Gasteiger partial charge >= 0.3 is 24.0 Å². The Kier molecular flexibility index (Phi) is 8.93. The number of nitrogen functional groups attached to an aromatic ring is 1. The lowest BCUT2D eigenvalue weighted by molar-refractivity contribution is -0.758. The Morgan fingerprint density at radius 2 is 1.95 bits per heavy atom. The Hall–Kier alpha value is -4.73. The zero-order valence-corrected chi connectivity index (χ0v) is 19.7. The molecule has 1 fully saturated rings. The maximum Gasteiger partial charge on any atom is 0.425 e. The van der Waals surface area contributed by atoms with E-state index in [-0.39, 0.29) is 44.6 Å². The molecular formula is C21H28N9O7+. The molecule has 1 aliphatic heterocycles. The van der Waals surface area contributed by atoms with Crippen LogP contribution in [0.15, 0.2) is 30.3 Å². The van der Waals surface area contributed by atoms with Crippen molar-refractivity contribution in [2.45, 2.75) is 25.6 Å². The number of nitrogens with two attached hydrogens (primary N) is 1. The highest BCUT2D eigenvalue weighted by molar-refractivity contribution is 5.94. The smallest absolute Gasteiger partial charge is 0.425 e. The standard InChI is InChI=1S/C21H27N9O7/c22-18-27-19(29-28-18)23-7-4-8-30(16(32)10-24-20(30)35)11-15(31)25-14(9-17(33)34)26-21(36)37-12-13-5-2-1-3-6-13/h1-3,5-6,14H,4,7-12H2,(H7-,22,23,24,25,26,27,28,29,31,33,34,35,36)/p+1. The molecule has 0 radical (unpaired) electrons. The summed E-state index contributed by atoms with van der Waals surface area (Å²) in [4.78, 5) is 65.3. The van der Waals surface area contributed by atoms with Gasteiger partial charge in [-0.05, 0) is 5.56 Å². The number of carbonyl (C=O) groups excluding carboxylic acids is 4. The lowest BCUT2D eigenvalue weighted by atomic mass is 10.2. The van der Waals surface area contributed by atoms with E-state index in [4.69, 9.17) is 10.5 Å². The first-order valence-electron chi connectivity index (χ1n) is 11.3. The first-order valence-corrected chi connectivity index (χ1v) is 11.3.